The zero-order valence-electron chi connectivity index (χ0n) is 11.9. The van der Waals surface area contributed by atoms with Gasteiger partial charge in [0.25, 0.3) is 0 Å². The summed E-state index contributed by atoms with van der Waals surface area (Å²) >= 11 is 0. The number of nitrogens with zero attached hydrogens (tertiary/aromatic N) is 2. The fraction of sp³-hybridized carbons (Fsp3) is 0.333. The molecular weight excluding hydrogens is 252 g/mol. The van der Waals surface area contributed by atoms with E-state index in [1.165, 1.54) is 5.56 Å². The predicted molar refractivity (Wildman–Crippen MR) is 79.6 cm³/mol. The summed E-state index contributed by atoms with van der Waals surface area (Å²) < 4.78 is 5.28. The molecule has 0 aliphatic rings. The zero-order valence-corrected chi connectivity index (χ0v) is 11.9. The maximum atomic E-state index is 5.28. The fourth-order valence-corrected chi connectivity index (χ4v) is 1.85. The van der Waals surface area contributed by atoms with Gasteiger partial charge in [0.05, 0.1) is 18.5 Å². The highest BCUT2D eigenvalue weighted by atomic mass is 16.3. The lowest BCUT2D eigenvalue weighted by atomic mass is 10.2. The van der Waals surface area contributed by atoms with Crippen molar-refractivity contribution in [2.75, 3.05) is 13.6 Å². The van der Waals surface area contributed by atoms with Crippen molar-refractivity contribution in [1.82, 2.24) is 15.6 Å². The lowest BCUT2D eigenvalue weighted by molar-refractivity contribution is 0.506. The second-order valence-electron chi connectivity index (χ2n) is 4.45. The first-order valence-electron chi connectivity index (χ1n) is 6.67. The van der Waals surface area contributed by atoms with Gasteiger partial charge >= 0.3 is 0 Å². The molecule has 2 aromatic heterocycles. The molecule has 0 aliphatic carbocycles. The highest BCUT2D eigenvalue weighted by molar-refractivity contribution is 5.79. The van der Waals surface area contributed by atoms with Gasteiger partial charge in [-0.25, -0.2) is 0 Å². The Morgan fingerprint density at radius 2 is 2.20 bits per heavy atom. The van der Waals surface area contributed by atoms with E-state index in [0.717, 1.165) is 30.4 Å². The number of aromatic nitrogens is 1. The summed E-state index contributed by atoms with van der Waals surface area (Å²) in [6.07, 6.45) is 4.32. The van der Waals surface area contributed by atoms with Gasteiger partial charge in [-0.2, -0.15) is 0 Å². The maximum absolute atomic E-state index is 5.28. The summed E-state index contributed by atoms with van der Waals surface area (Å²) in [5, 5.41) is 6.50. The quantitative estimate of drug-likeness (QED) is 0.644. The number of guanidine groups is 1. The second-order valence-corrected chi connectivity index (χ2v) is 4.45. The summed E-state index contributed by atoms with van der Waals surface area (Å²) in [5.41, 5.74) is 2.20. The summed E-state index contributed by atoms with van der Waals surface area (Å²) in [6.45, 7) is 3.48. The monoisotopic (exact) mass is 272 g/mol. The van der Waals surface area contributed by atoms with E-state index in [0.29, 0.717) is 6.54 Å². The van der Waals surface area contributed by atoms with Gasteiger partial charge in [-0.1, -0.05) is 6.07 Å². The molecule has 0 saturated carbocycles. The number of pyridine rings is 1. The van der Waals surface area contributed by atoms with Crippen LogP contribution in [0.15, 0.2) is 46.1 Å². The summed E-state index contributed by atoms with van der Waals surface area (Å²) in [4.78, 5) is 8.53. The van der Waals surface area contributed by atoms with Crippen LogP contribution < -0.4 is 10.6 Å². The molecule has 0 bridgehead atoms. The number of aryl methyl sites for hydroxylation is 1. The minimum absolute atomic E-state index is 0.660. The van der Waals surface area contributed by atoms with Crippen LogP contribution in [-0.4, -0.2) is 24.5 Å². The Bertz CT molecular complexity index is 549. The van der Waals surface area contributed by atoms with Gasteiger partial charge < -0.3 is 15.1 Å². The second kappa shape index (κ2) is 7.33. The molecule has 2 rings (SSSR count). The Morgan fingerprint density at radius 3 is 2.90 bits per heavy atom. The Labute approximate surface area is 119 Å². The topological polar surface area (TPSA) is 62.5 Å². The van der Waals surface area contributed by atoms with Gasteiger partial charge in [-0.3, -0.25) is 9.98 Å². The van der Waals surface area contributed by atoms with Crippen LogP contribution in [0.4, 0.5) is 0 Å². The molecule has 5 heteroatoms. The van der Waals surface area contributed by atoms with E-state index in [-0.39, 0.29) is 0 Å². The molecule has 0 aliphatic heterocycles. The van der Waals surface area contributed by atoms with E-state index in [1.54, 1.807) is 19.5 Å². The fourth-order valence-electron chi connectivity index (χ4n) is 1.85. The molecule has 0 atom stereocenters. The van der Waals surface area contributed by atoms with Crippen molar-refractivity contribution >= 4 is 5.96 Å². The lowest BCUT2D eigenvalue weighted by Crippen LogP contribution is -2.38. The van der Waals surface area contributed by atoms with E-state index < -0.39 is 0 Å². The molecular formula is C15H20N4O. The van der Waals surface area contributed by atoms with Gasteiger partial charge in [0.2, 0.25) is 0 Å². The van der Waals surface area contributed by atoms with Gasteiger partial charge in [0, 0.05) is 26.2 Å². The van der Waals surface area contributed by atoms with Crippen molar-refractivity contribution in [3.63, 3.8) is 0 Å². The predicted octanol–water partition coefficient (Wildman–Crippen LogP) is 1.89. The number of aliphatic imine (C=N–C) groups is 1. The van der Waals surface area contributed by atoms with E-state index >= 15 is 0 Å². The van der Waals surface area contributed by atoms with Gasteiger partial charge in [-0.15, -0.1) is 0 Å². The molecule has 0 spiro atoms. The van der Waals surface area contributed by atoms with Gasteiger partial charge in [0.1, 0.15) is 5.76 Å². The Balaban J connectivity index is 1.77. The van der Waals surface area contributed by atoms with E-state index in [2.05, 4.69) is 33.6 Å². The minimum Gasteiger partial charge on any atom is -0.469 e. The van der Waals surface area contributed by atoms with Crippen LogP contribution in [0.5, 0.6) is 0 Å². The van der Waals surface area contributed by atoms with Crippen molar-refractivity contribution in [2.45, 2.75) is 19.9 Å². The largest absolute Gasteiger partial charge is 0.469 e. The van der Waals surface area contributed by atoms with Crippen molar-refractivity contribution in [2.24, 2.45) is 4.99 Å². The number of hydrogen-bond donors (Lipinski definition) is 2. The molecule has 2 aromatic rings. The van der Waals surface area contributed by atoms with Crippen LogP contribution in [0.1, 0.15) is 17.0 Å². The van der Waals surface area contributed by atoms with Gasteiger partial charge in [0.15, 0.2) is 5.96 Å². The highest BCUT2D eigenvalue weighted by Gasteiger charge is 2.02. The molecule has 20 heavy (non-hydrogen) atoms. The molecule has 0 saturated heterocycles. The average Bonchev–Trinajstić information content (AvgIpc) is 2.97. The number of rotatable bonds is 5. The standard InChI is InChI=1S/C15H20N4O/c1-12-5-3-8-17-14(12)11-19-15(16-2)18-9-7-13-6-4-10-20-13/h3-6,8,10H,7,9,11H2,1-2H3,(H2,16,18,19). The first-order chi connectivity index (χ1) is 9.79. The van der Waals surface area contributed by atoms with Crippen molar-refractivity contribution in [3.05, 3.63) is 53.7 Å². The van der Waals surface area contributed by atoms with Crippen LogP contribution in [0.25, 0.3) is 0 Å². The van der Waals surface area contributed by atoms with E-state index in [4.69, 9.17) is 4.42 Å². The molecule has 0 unspecified atom stereocenters. The van der Waals surface area contributed by atoms with E-state index in [1.807, 2.05) is 18.2 Å². The van der Waals surface area contributed by atoms with Crippen LogP contribution in [0, 0.1) is 6.92 Å². The third-order valence-corrected chi connectivity index (χ3v) is 3.01. The van der Waals surface area contributed by atoms with Gasteiger partial charge in [-0.05, 0) is 30.7 Å². The number of nitrogens with one attached hydrogen (secondary N) is 2. The SMILES string of the molecule is CN=C(NCCc1ccco1)NCc1ncccc1C. The lowest BCUT2D eigenvalue weighted by Gasteiger charge is -2.12. The Morgan fingerprint density at radius 1 is 1.30 bits per heavy atom. The van der Waals surface area contributed by atoms with Crippen LogP contribution in [0.3, 0.4) is 0 Å². The normalized spacial score (nSPS) is 11.4. The van der Waals surface area contributed by atoms with Crippen molar-refractivity contribution in [1.29, 1.82) is 0 Å². The van der Waals surface area contributed by atoms with Crippen LogP contribution in [0.2, 0.25) is 0 Å². The average molecular weight is 272 g/mol. The van der Waals surface area contributed by atoms with Crippen LogP contribution >= 0.6 is 0 Å². The summed E-state index contributed by atoms with van der Waals surface area (Å²) in [7, 11) is 1.76. The number of hydrogen-bond acceptors (Lipinski definition) is 3. The molecule has 2 N–H and O–H groups in total. The highest BCUT2D eigenvalue weighted by Crippen LogP contribution is 2.02. The van der Waals surface area contributed by atoms with Crippen molar-refractivity contribution < 1.29 is 4.42 Å². The summed E-state index contributed by atoms with van der Waals surface area (Å²) in [6, 6.07) is 7.85. The van der Waals surface area contributed by atoms with E-state index in [9.17, 15) is 0 Å². The summed E-state index contributed by atoms with van der Waals surface area (Å²) in [5.74, 6) is 1.73. The minimum atomic E-state index is 0.660. The smallest absolute Gasteiger partial charge is 0.191 e. The molecule has 0 fully saturated rings. The first kappa shape index (κ1) is 14.1. The molecule has 2 heterocycles. The third kappa shape index (κ3) is 4.12. The Kier molecular flexibility index (Phi) is 5.17. The third-order valence-electron chi connectivity index (χ3n) is 3.01. The van der Waals surface area contributed by atoms with Crippen LogP contribution in [-0.2, 0) is 13.0 Å². The maximum Gasteiger partial charge on any atom is 0.191 e. The Hall–Kier alpha value is -2.30. The molecule has 0 radical (unpaired) electrons. The zero-order chi connectivity index (χ0) is 14.2. The van der Waals surface area contributed by atoms with Crippen molar-refractivity contribution in [3.8, 4) is 0 Å². The first-order valence-corrected chi connectivity index (χ1v) is 6.67. The molecule has 106 valence electrons. The molecule has 0 amide bonds. The molecule has 5 nitrogen and oxygen atoms in total. The number of furan rings is 1. The molecule has 0 aromatic carbocycles.